The molecule has 3 rings (SSSR count). The van der Waals surface area contributed by atoms with Crippen LogP contribution in [0.1, 0.15) is 13.8 Å². The van der Waals surface area contributed by atoms with Gasteiger partial charge in [0.1, 0.15) is 23.1 Å². The molecular formula is C17H24N5O+. The van der Waals surface area contributed by atoms with E-state index in [0.717, 1.165) is 59.7 Å². The summed E-state index contributed by atoms with van der Waals surface area (Å²) >= 11 is 0. The van der Waals surface area contributed by atoms with Crippen LogP contribution in [0.5, 0.6) is 5.75 Å². The molecule has 6 heteroatoms. The van der Waals surface area contributed by atoms with E-state index in [0.29, 0.717) is 0 Å². The van der Waals surface area contributed by atoms with Gasteiger partial charge in [0.25, 0.3) is 0 Å². The summed E-state index contributed by atoms with van der Waals surface area (Å²) in [7, 11) is 1.68. The zero-order valence-electron chi connectivity index (χ0n) is 13.9. The minimum atomic E-state index is 0.825. The topological polar surface area (TPSA) is 67.3 Å². The van der Waals surface area contributed by atoms with E-state index in [1.54, 1.807) is 18.3 Å². The molecule has 6 nitrogen and oxygen atoms in total. The normalized spacial score (nSPS) is 11.5. The van der Waals surface area contributed by atoms with Gasteiger partial charge in [0.05, 0.1) is 44.2 Å². The first-order valence-corrected chi connectivity index (χ1v) is 8.15. The minimum Gasteiger partial charge on any atom is -0.496 e. The predicted octanol–water partition coefficient (Wildman–Crippen LogP) is 1.46. The second-order valence-corrected chi connectivity index (χ2v) is 5.59. The second kappa shape index (κ2) is 6.83. The van der Waals surface area contributed by atoms with Gasteiger partial charge < -0.3 is 19.9 Å². The quantitative estimate of drug-likeness (QED) is 0.617. The number of hydrogen-bond acceptors (Lipinski definition) is 4. The Morgan fingerprint density at radius 2 is 2.04 bits per heavy atom. The highest BCUT2D eigenvalue weighted by Crippen LogP contribution is 2.33. The maximum absolute atomic E-state index is 5.47. The largest absolute Gasteiger partial charge is 0.496 e. The molecule has 0 unspecified atom stereocenters. The number of methoxy groups -OCH3 is 1. The Kier molecular flexibility index (Phi) is 4.62. The zero-order chi connectivity index (χ0) is 16.2. The van der Waals surface area contributed by atoms with E-state index in [9.17, 15) is 0 Å². The first-order valence-electron chi connectivity index (χ1n) is 8.15. The SMILES string of the molecule is CC[NH+](CC)CCNc1ncnc2c1[nH]c1cccc(OC)c12. The summed E-state index contributed by atoms with van der Waals surface area (Å²) in [6, 6.07) is 5.96. The number of likely N-dealkylation sites (N-methyl/N-ethyl adjacent to an activating group) is 1. The van der Waals surface area contributed by atoms with Gasteiger partial charge in [-0.2, -0.15) is 0 Å². The Bertz CT molecular complexity index is 794. The van der Waals surface area contributed by atoms with E-state index >= 15 is 0 Å². The summed E-state index contributed by atoms with van der Waals surface area (Å²) in [5, 5.41) is 4.45. The molecule has 0 aliphatic heterocycles. The van der Waals surface area contributed by atoms with Crippen molar-refractivity contribution < 1.29 is 9.64 Å². The summed E-state index contributed by atoms with van der Waals surface area (Å²) in [6.07, 6.45) is 1.61. The lowest BCUT2D eigenvalue weighted by Crippen LogP contribution is -3.12. The molecule has 3 N–H and O–H groups in total. The second-order valence-electron chi connectivity index (χ2n) is 5.59. The lowest BCUT2D eigenvalue weighted by molar-refractivity contribution is -0.894. The van der Waals surface area contributed by atoms with Crippen molar-refractivity contribution in [3.63, 3.8) is 0 Å². The van der Waals surface area contributed by atoms with Crippen LogP contribution in [0.2, 0.25) is 0 Å². The van der Waals surface area contributed by atoms with Gasteiger partial charge in [-0.15, -0.1) is 0 Å². The molecule has 0 fully saturated rings. The van der Waals surface area contributed by atoms with Crippen LogP contribution in [0.3, 0.4) is 0 Å². The van der Waals surface area contributed by atoms with E-state index in [1.165, 1.54) is 0 Å². The van der Waals surface area contributed by atoms with Crippen LogP contribution in [0.25, 0.3) is 21.9 Å². The highest BCUT2D eigenvalue weighted by molar-refractivity contribution is 6.10. The molecule has 122 valence electrons. The Morgan fingerprint density at radius 3 is 2.78 bits per heavy atom. The number of nitrogens with one attached hydrogen (secondary N) is 3. The third-order valence-corrected chi connectivity index (χ3v) is 4.36. The first kappa shape index (κ1) is 15.6. The van der Waals surface area contributed by atoms with E-state index in [-0.39, 0.29) is 0 Å². The van der Waals surface area contributed by atoms with Crippen LogP contribution in [0, 0.1) is 0 Å². The van der Waals surface area contributed by atoms with Crippen LogP contribution in [0.4, 0.5) is 5.82 Å². The number of nitrogens with zero attached hydrogens (tertiary/aromatic N) is 2. The number of aromatic amines is 1. The fourth-order valence-electron chi connectivity index (χ4n) is 2.97. The zero-order valence-corrected chi connectivity index (χ0v) is 13.9. The van der Waals surface area contributed by atoms with Crippen molar-refractivity contribution in [1.29, 1.82) is 0 Å². The monoisotopic (exact) mass is 314 g/mol. The summed E-state index contributed by atoms with van der Waals surface area (Å²) in [5.74, 6) is 1.67. The number of quaternary nitrogens is 1. The third kappa shape index (κ3) is 2.94. The van der Waals surface area contributed by atoms with Crippen molar-refractivity contribution in [1.82, 2.24) is 15.0 Å². The molecule has 0 aliphatic carbocycles. The summed E-state index contributed by atoms with van der Waals surface area (Å²) in [5.41, 5.74) is 2.84. The molecule has 0 amide bonds. The maximum Gasteiger partial charge on any atom is 0.154 e. The van der Waals surface area contributed by atoms with Gasteiger partial charge >= 0.3 is 0 Å². The molecule has 0 spiro atoms. The van der Waals surface area contributed by atoms with Crippen LogP contribution in [-0.4, -0.2) is 48.2 Å². The number of anilines is 1. The molecule has 0 bridgehead atoms. The molecule has 0 atom stereocenters. The number of rotatable bonds is 7. The van der Waals surface area contributed by atoms with Crippen LogP contribution >= 0.6 is 0 Å². The predicted molar refractivity (Wildman–Crippen MR) is 93.3 cm³/mol. The van der Waals surface area contributed by atoms with Gasteiger partial charge in [0.15, 0.2) is 5.82 Å². The fraction of sp³-hybridized carbons (Fsp3) is 0.412. The van der Waals surface area contributed by atoms with Crippen molar-refractivity contribution in [2.24, 2.45) is 0 Å². The lowest BCUT2D eigenvalue weighted by Gasteiger charge is -2.15. The van der Waals surface area contributed by atoms with E-state index in [4.69, 9.17) is 4.74 Å². The molecule has 0 saturated carbocycles. The molecule has 3 aromatic rings. The van der Waals surface area contributed by atoms with Crippen LogP contribution in [-0.2, 0) is 0 Å². The summed E-state index contributed by atoms with van der Waals surface area (Å²) in [6.45, 7) is 8.66. The number of ether oxygens (including phenoxy) is 1. The maximum atomic E-state index is 5.47. The molecule has 0 radical (unpaired) electrons. The highest BCUT2D eigenvalue weighted by atomic mass is 16.5. The van der Waals surface area contributed by atoms with E-state index in [2.05, 4.69) is 34.1 Å². The van der Waals surface area contributed by atoms with Crippen molar-refractivity contribution in [2.45, 2.75) is 13.8 Å². The highest BCUT2D eigenvalue weighted by Gasteiger charge is 2.14. The lowest BCUT2D eigenvalue weighted by atomic mass is 10.2. The number of H-pyrrole nitrogens is 1. The molecule has 0 saturated heterocycles. The van der Waals surface area contributed by atoms with Crippen molar-refractivity contribution >= 4 is 27.8 Å². The Labute approximate surface area is 135 Å². The molecule has 2 heterocycles. The number of benzene rings is 1. The van der Waals surface area contributed by atoms with Crippen LogP contribution < -0.4 is 15.0 Å². The van der Waals surface area contributed by atoms with Gasteiger partial charge in [-0.3, -0.25) is 0 Å². The van der Waals surface area contributed by atoms with E-state index < -0.39 is 0 Å². The standard InChI is InChI=1S/C17H23N5O/c1-4-22(5-2)10-9-18-17-16-15(19-11-20-17)14-12(21-16)7-6-8-13(14)23-3/h6-8,11,21H,4-5,9-10H2,1-3H3,(H,18,19,20)/p+1. The Morgan fingerprint density at radius 1 is 1.22 bits per heavy atom. The van der Waals surface area contributed by atoms with Crippen molar-refractivity contribution in [3.8, 4) is 5.75 Å². The Balaban J connectivity index is 1.93. The molecule has 1 aromatic carbocycles. The summed E-state index contributed by atoms with van der Waals surface area (Å²) in [4.78, 5) is 13.8. The van der Waals surface area contributed by atoms with Crippen molar-refractivity contribution in [2.75, 3.05) is 38.6 Å². The van der Waals surface area contributed by atoms with E-state index in [1.807, 2.05) is 18.2 Å². The first-order chi connectivity index (χ1) is 11.3. The van der Waals surface area contributed by atoms with Gasteiger partial charge in [0, 0.05) is 0 Å². The third-order valence-electron chi connectivity index (χ3n) is 4.36. The molecule has 0 aliphatic rings. The number of aromatic nitrogens is 3. The van der Waals surface area contributed by atoms with Gasteiger partial charge in [-0.05, 0) is 26.0 Å². The summed E-state index contributed by atoms with van der Waals surface area (Å²) < 4.78 is 5.47. The minimum absolute atomic E-state index is 0.825. The van der Waals surface area contributed by atoms with Gasteiger partial charge in [-0.1, -0.05) is 6.07 Å². The smallest absolute Gasteiger partial charge is 0.154 e. The molecule has 23 heavy (non-hydrogen) atoms. The van der Waals surface area contributed by atoms with Gasteiger partial charge in [-0.25, -0.2) is 9.97 Å². The average Bonchev–Trinajstić information content (AvgIpc) is 2.98. The Hall–Kier alpha value is -2.34. The van der Waals surface area contributed by atoms with Crippen LogP contribution in [0.15, 0.2) is 24.5 Å². The fourth-order valence-corrected chi connectivity index (χ4v) is 2.97. The van der Waals surface area contributed by atoms with Crippen molar-refractivity contribution in [3.05, 3.63) is 24.5 Å². The molecule has 2 aromatic heterocycles. The average molecular weight is 314 g/mol. The molecular weight excluding hydrogens is 290 g/mol. The van der Waals surface area contributed by atoms with Gasteiger partial charge in [0.2, 0.25) is 0 Å². The number of fused-ring (bicyclic) bond motifs is 3. The number of hydrogen-bond donors (Lipinski definition) is 3.